The third kappa shape index (κ3) is 4.19. The van der Waals surface area contributed by atoms with E-state index in [0.29, 0.717) is 11.6 Å². The number of nitrogens with one attached hydrogen (secondary N) is 1. The highest BCUT2D eigenvalue weighted by Gasteiger charge is 2.04. The fourth-order valence-corrected chi connectivity index (χ4v) is 2.15. The number of halogens is 1. The van der Waals surface area contributed by atoms with Gasteiger partial charge < -0.3 is 5.32 Å². The molecule has 0 radical (unpaired) electrons. The van der Waals surface area contributed by atoms with Gasteiger partial charge in [0.1, 0.15) is 0 Å². The minimum Gasteiger partial charge on any atom is -0.302 e. The van der Waals surface area contributed by atoms with Gasteiger partial charge in [-0.3, -0.25) is 4.79 Å². The maximum atomic E-state index is 11.3. The van der Waals surface area contributed by atoms with E-state index >= 15 is 0 Å². The first-order chi connectivity index (χ1) is 6.72. The molecule has 1 heterocycles. The van der Waals surface area contributed by atoms with Crippen molar-refractivity contribution in [2.45, 2.75) is 32.6 Å². The van der Waals surface area contributed by atoms with Crippen LogP contribution in [-0.4, -0.2) is 10.9 Å². The second-order valence-electron chi connectivity index (χ2n) is 2.97. The highest BCUT2D eigenvalue weighted by atomic mass is 79.9. The molecule has 1 rings (SSSR count). The molecule has 5 heteroatoms. The summed E-state index contributed by atoms with van der Waals surface area (Å²) in [5.41, 5.74) is 0. The van der Waals surface area contributed by atoms with E-state index < -0.39 is 0 Å². The van der Waals surface area contributed by atoms with Gasteiger partial charge in [0, 0.05) is 6.42 Å². The molecule has 1 aromatic rings. The van der Waals surface area contributed by atoms with Gasteiger partial charge >= 0.3 is 0 Å². The van der Waals surface area contributed by atoms with Gasteiger partial charge in [0.2, 0.25) is 5.91 Å². The van der Waals surface area contributed by atoms with Gasteiger partial charge in [-0.2, -0.15) is 0 Å². The number of amides is 1. The van der Waals surface area contributed by atoms with Gasteiger partial charge in [0.25, 0.3) is 0 Å². The van der Waals surface area contributed by atoms with Crippen molar-refractivity contribution >= 4 is 38.3 Å². The van der Waals surface area contributed by atoms with Crippen molar-refractivity contribution in [3.63, 3.8) is 0 Å². The van der Waals surface area contributed by atoms with E-state index in [-0.39, 0.29) is 5.91 Å². The number of unbranched alkanes of at least 4 members (excludes halogenated alkanes) is 2. The number of rotatable bonds is 5. The van der Waals surface area contributed by atoms with Crippen LogP contribution in [0.4, 0.5) is 5.13 Å². The van der Waals surface area contributed by atoms with E-state index in [1.54, 1.807) is 6.20 Å². The maximum Gasteiger partial charge on any atom is 0.226 e. The standard InChI is InChI=1S/C9H13BrN2OS/c1-2-3-4-5-8(13)12-9-11-6-7(10)14-9/h6H,2-5H2,1H3,(H,11,12,13). The largest absolute Gasteiger partial charge is 0.302 e. The van der Waals surface area contributed by atoms with Gasteiger partial charge in [0.15, 0.2) is 5.13 Å². The number of hydrogen-bond donors (Lipinski definition) is 1. The van der Waals surface area contributed by atoms with Crippen LogP contribution in [0.25, 0.3) is 0 Å². The highest BCUT2D eigenvalue weighted by Crippen LogP contribution is 2.23. The van der Waals surface area contributed by atoms with E-state index in [9.17, 15) is 4.79 Å². The third-order valence-electron chi connectivity index (χ3n) is 1.73. The SMILES string of the molecule is CCCCCC(=O)Nc1ncc(Br)s1. The molecular formula is C9H13BrN2OS. The average Bonchev–Trinajstić information content (AvgIpc) is 2.52. The van der Waals surface area contributed by atoms with Crippen LogP contribution in [0.2, 0.25) is 0 Å². The molecule has 0 bridgehead atoms. The van der Waals surface area contributed by atoms with Crippen molar-refractivity contribution in [1.29, 1.82) is 0 Å². The number of thiazole rings is 1. The van der Waals surface area contributed by atoms with Crippen LogP contribution in [-0.2, 0) is 4.79 Å². The zero-order valence-corrected chi connectivity index (χ0v) is 10.4. The fraction of sp³-hybridized carbons (Fsp3) is 0.556. The zero-order valence-electron chi connectivity index (χ0n) is 8.05. The fourth-order valence-electron chi connectivity index (χ4n) is 1.03. The Morgan fingerprint density at radius 3 is 3.00 bits per heavy atom. The molecule has 0 saturated carbocycles. The molecular weight excluding hydrogens is 264 g/mol. The Bertz CT molecular complexity index is 301. The van der Waals surface area contributed by atoms with Crippen LogP contribution in [0.1, 0.15) is 32.6 Å². The van der Waals surface area contributed by atoms with Gasteiger partial charge in [0.05, 0.1) is 9.98 Å². The van der Waals surface area contributed by atoms with Crippen LogP contribution < -0.4 is 5.32 Å². The first-order valence-corrected chi connectivity index (χ1v) is 6.24. The third-order valence-corrected chi connectivity index (χ3v) is 3.12. The Hall–Kier alpha value is -0.420. The minimum absolute atomic E-state index is 0.0558. The first-order valence-electron chi connectivity index (χ1n) is 4.63. The molecule has 0 fully saturated rings. The number of nitrogens with zero attached hydrogens (tertiary/aromatic N) is 1. The minimum atomic E-state index is 0.0558. The van der Waals surface area contributed by atoms with Crippen molar-refractivity contribution in [3.8, 4) is 0 Å². The van der Waals surface area contributed by atoms with Crippen LogP contribution in [0.15, 0.2) is 9.98 Å². The summed E-state index contributed by atoms with van der Waals surface area (Å²) in [5.74, 6) is 0.0558. The molecule has 78 valence electrons. The normalized spacial score (nSPS) is 10.1. The van der Waals surface area contributed by atoms with E-state index in [4.69, 9.17) is 0 Å². The van der Waals surface area contributed by atoms with Crippen LogP contribution in [0, 0.1) is 0 Å². The van der Waals surface area contributed by atoms with Gasteiger partial charge in [-0.25, -0.2) is 4.98 Å². The monoisotopic (exact) mass is 276 g/mol. The summed E-state index contributed by atoms with van der Waals surface area (Å²) in [4.78, 5) is 15.4. The Morgan fingerprint density at radius 1 is 1.64 bits per heavy atom. The number of hydrogen-bond acceptors (Lipinski definition) is 3. The van der Waals surface area contributed by atoms with Crippen LogP contribution in [0.3, 0.4) is 0 Å². The zero-order chi connectivity index (χ0) is 10.4. The second kappa shape index (κ2) is 6.14. The molecule has 0 saturated heterocycles. The van der Waals surface area contributed by atoms with Crippen molar-refractivity contribution in [2.75, 3.05) is 5.32 Å². The average molecular weight is 277 g/mol. The number of anilines is 1. The van der Waals surface area contributed by atoms with E-state index in [1.807, 2.05) is 0 Å². The second-order valence-corrected chi connectivity index (χ2v) is 5.38. The van der Waals surface area contributed by atoms with Gasteiger partial charge in [-0.1, -0.05) is 31.1 Å². The Labute approximate surface area is 96.1 Å². The summed E-state index contributed by atoms with van der Waals surface area (Å²) in [5, 5.41) is 3.43. The highest BCUT2D eigenvalue weighted by molar-refractivity contribution is 9.11. The lowest BCUT2D eigenvalue weighted by molar-refractivity contribution is -0.116. The molecule has 14 heavy (non-hydrogen) atoms. The summed E-state index contributed by atoms with van der Waals surface area (Å²) >= 11 is 4.72. The van der Waals surface area contributed by atoms with Gasteiger partial charge in [-0.15, -0.1) is 0 Å². The summed E-state index contributed by atoms with van der Waals surface area (Å²) in [7, 11) is 0. The number of carbonyl (C=O) groups is 1. The summed E-state index contributed by atoms with van der Waals surface area (Å²) < 4.78 is 0.932. The molecule has 0 aromatic carbocycles. The molecule has 1 amide bonds. The number of carbonyl (C=O) groups excluding carboxylic acids is 1. The molecule has 1 N–H and O–H groups in total. The van der Waals surface area contributed by atoms with Crippen LogP contribution >= 0.6 is 27.3 Å². The van der Waals surface area contributed by atoms with E-state index in [0.717, 1.165) is 23.0 Å². The van der Waals surface area contributed by atoms with Crippen LogP contribution in [0.5, 0.6) is 0 Å². The van der Waals surface area contributed by atoms with Crippen molar-refractivity contribution < 1.29 is 4.79 Å². The quantitative estimate of drug-likeness (QED) is 0.838. The first kappa shape index (κ1) is 11.7. The Kier molecular flexibility index (Phi) is 5.11. The maximum absolute atomic E-state index is 11.3. The predicted molar refractivity (Wildman–Crippen MR) is 62.6 cm³/mol. The molecule has 0 aliphatic rings. The molecule has 0 spiro atoms. The molecule has 3 nitrogen and oxygen atoms in total. The molecule has 0 aliphatic heterocycles. The lowest BCUT2D eigenvalue weighted by Gasteiger charge is -1.99. The Balaban J connectivity index is 2.27. The summed E-state index contributed by atoms with van der Waals surface area (Å²) in [6, 6.07) is 0. The molecule has 0 unspecified atom stereocenters. The van der Waals surface area contributed by atoms with Crippen molar-refractivity contribution in [2.24, 2.45) is 0 Å². The molecule has 0 aliphatic carbocycles. The molecule has 1 aromatic heterocycles. The van der Waals surface area contributed by atoms with E-state index in [2.05, 4.69) is 33.2 Å². The summed E-state index contributed by atoms with van der Waals surface area (Å²) in [6.45, 7) is 2.12. The molecule has 0 atom stereocenters. The smallest absolute Gasteiger partial charge is 0.226 e. The number of aromatic nitrogens is 1. The summed E-state index contributed by atoms with van der Waals surface area (Å²) in [6.07, 6.45) is 5.47. The lowest BCUT2D eigenvalue weighted by Crippen LogP contribution is -2.10. The van der Waals surface area contributed by atoms with Crippen molar-refractivity contribution in [1.82, 2.24) is 4.98 Å². The van der Waals surface area contributed by atoms with Gasteiger partial charge in [-0.05, 0) is 22.4 Å². The topological polar surface area (TPSA) is 42.0 Å². The lowest BCUT2D eigenvalue weighted by atomic mass is 10.2. The van der Waals surface area contributed by atoms with Crippen molar-refractivity contribution in [3.05, 3.63) is 9.98 Å². The van der Waals surface area contributed by atoms with E-state index in [1.165, 1.54) is 11.3 Å². The Morgan fingerprint density at radius 2 is 2.43 bits per heavy atom. The predicted octanol–water partition coefficient (Wildman–Crippen LogP) is 3.42.